The van der Waals surface area contributed by atoms with Crippen LogP contribution in [0.2, 0.25) is 0 Å². The van der Waals surface area contributed by atoms with E-state index in [-0.39, 0.29) is 0 Å². The first-order chi connectivity index (χ1) is 8.25. The monoisotopic (exact) mass is 268 g/mol. The quantitative estimate of drug-likeness (QED) is 0.777. The van der Waals surface area contributed by atoms with Crippen molar-refractivity contribution in [1.82, 2.24) is 0 Å². The summed E-state index contributed by atoms with van der Waals surface area (Å²) in [6.45, 7) is -4.82. The lowest BCUT2D eigenvalue weighted by Gasteiger charge is -2.33. The minimum Gasteiger partial charge on any atom is -0.396 e. The van der Waals surface area contributed by atoms with Crippen LogP contribution in [-0.2, 0) is 0 Å². The second-order valence-electron chi connectivity index (χ2n) is 2.46. The molecule has 1 nitrogen and oxygen atoms in total. The molecule has 0 saturated heterocycles. The maximum atomic E-state index is 13.0. The van der Waals surface area contributed by atoms with E-state index in [9.17, 15) is 39.5 Å². The molecule has 0 aromatic carbocycles. The van der Waals surface area contributed by atoms with E-state index >= 15 is 0 Å². The molecular formula is C6H5F9O. The maximum absolute atomic E-state index is 13.0. The summed E-state index contributed by atoms with van der Waals surface area (Å²) in [5.41, 5.74) is 0. The summed E-state index contributed by atoms with van der Waals surface area (Å²) in [6, 6.07) is 0. The number of hydrogen-bond donors (Lipinski definition) is 1. The normalized spacial score (nSPS) is 20.9. The van der Waals surface area contributed by atoms with Gasteiger partial charge in [-0.05, 0) is 0 Å². The number of alkyl halides is 9. The van der Waals surface area contributed by atoms with Gasteiger partial charge < -0.3 is 5.11 Å². The van der Waals surface area contributed by atoms with Gasteiger partial charge in [0, 0.05) is 15.7 Å². The third-order valence-electron chi connectivity index (χ3n) is 1.36. The van der Waals surface area contributed by atoms with E-state index in [0.717, 1.165) is 0 Å². The van der Waals surface area contributed by atoms with Crippen LogP contribution in [0.4, 0.5) is 39.5 Å². The lowest BCUT2D eigenvalue weighted by atomic mass is 10.0. The van der Waals surface area contributed by atoms with Crippen molar-refractivity contribution in [2.75, 3.05) is 6.56 Å². The summed E-state index contributed by atoms with van der Waals surface area (Å²) in [5, 5.41) is 8.33. The van der Waals surface area contributed by atoms with E-state index in [1.54, 1.807) is 0 Å². The van der Waals surface area contributed by atoms with E-state index in [4.69, 9.17) is 10.6 Å². The molecule has 0 saturated carbocycles. The smallest absolute Gasteiger partial charge is 0.396 e. The van der Waals surface area contributed by atoms with Crippen LogP contribution >= 0.6 is 0 Å². The van der Waals surface area contributed by atoms with Gasteiger partial charge in [-0.1, -0.05) is 0 Å². The van der Waals surface area contributed by atoms with Crippen LogP contribution in [0.15, 0.2) is 0 Å². The Morgan fingerprint density at radius 1 is 0.812 bits per heavy atom. The molecule has 0 fully saturated rings. The Morgan fingerprint density at radius 2 is 1.19 bits per heavy atom. The Morgan fingerprint density at radius 3 is 1.44 bits per heavy atom. The van der Waals surface area contributed by atoms with Crippen LogP contribution in [0.25, 0.3) is 0 Å². The Balaban J connectivity index is 6.08. The average Bonchev–Trinajstić information content (AvgIpc) is 2.12. The molecule has 0 aliphatic rings. The summed E-state index contributed by atoms with van der Waals surface area (Å²) in [6.07, 6.45) is -12.6. The second-order valence-corrected chi connectivity index (χ2v) is 2.46. The molecule has 0 aliphatic heterocycles. The van der Waals surface area contributed by atoms with Gasteiger partial charge in [0.2, 0.25) is 0 Å². The molecule has 0 bridgehead atoms. The molecule has 0 atom stereocenters. The average molecular weight is 268 g/mol. The van der Waals surface area contributed by atoms with Crippen molar-refractivity contribution in [1.29, 1.82) is 0 Å². The summed E-state index contributed by atoms with van der Waals surface area (Å²) in [7, 11) is 0. The number of aliphatic hydroxyl groups is 1. The van der Waals surface area contributed by atoms with Gasteiger partial charge in [-0.2, -0.15) is 39.5 Å². The fraction of sp³-hybridized carbons (Fsp3) is 1.00. The standard InChI is InChI=1S/C6H5F9O/c7-3(8,1-2-16)4(9,10)5(11,12)6(13,14)15/h16H,1-2H2/i1D2,2D2. The number of halogens is 9. The molecule has 1 N–H and O–H groups in total. The van der Waals surface area contributed by atoms with Gasteiger partial charge in [0.1, 0.15) is 0 Å². The lowest BCUT2D eigenvalue weighted by Crippen LogP contribution is -2.61. The second kappa shape index (κ2) is 3.97. The van der Waals surface area contributed by atoms with Gasteiger partial charge in [0.15, 0.2) is 0 Å². The summed E-state index contributed by atoms with van der Waals surface area (Å²) in [4.78, 5) is 0. The van der Waals surface area contributed by atoms with Crippen molar-refractivity contribution in [3.05, 3.63) is 0 Å². The van der Waals surface area contributed by atoms with E-state index < -0.39 is 36.9 Å². The highest BCUT2D eigenvalue weighted by Gasteiger charge is 2.81. The van der Waals surface area contributed by atoms with Crippen molar-refractivity contribution in [3.63, 3.8) is 0 Å². The van der Waals surface area contributed by atoms with Crippen molar-refractivity contribution < 1.29 is 50.1 Å². The van der Waals surface area contributed by atoms with Crippen LogP contribution in [0.3, 0.4) is 0 Å². The van der Waals surface area contributed by atoms with Gasteiger partial charge in [0.05, 0.1) is 2.74 Å². The number of rotatable bonds is 4. The van der Waals surface area contributed by atoms with Crippen LogP contribution in [0.5, 0.6) is 0 Å². The third-order valence-corrected chi connectivity index (χ3v) is 1.36. The highest BCUT2D eigenvalue weighted by molar-refractivity contribution is 5.00. The van der Waals surface area contributed by atoms with Gasteiger partial charge in [0.25, 0.3) is 0 Å². The predicted octanol–water partition coefficient (Wildman–Crippen LogP) is 2.84. The zero-order valence-electron chi connectivity index (χ0n) is 10.8. The largest absolute Gasteiger partial charge is 0.460 e. The van der Waals surface area contributed by atoms with Crippen molar-refractivity contribution in [2.24, 2.45) is 0 Å². The lowest BCUT2D eigenvalue weighted by molar-refractivity contribution is -0.397. The topological polar surface area (TPSA) is 20.2 Å². The highest BCUT2D eigenvalue weighted by atomic mass is 19.4. The SMILES string of the molecule is [2H]C([2H])(O)C([2H])([2H])C(F)(F)C(F)(F)C(F)(F)C(F)(F)F. The van der Waals surface area contributed by atoms with Crippen LogP contribution in [-0.4, -0.2) is 35.6 Å². The van der Waals surface area contributed by atoms with Crippen molar-refractivity contribution in [3.8, 4) is 0 Å². The van der Waals surface area contributed by atoms with Gasteiger partial charge in [-0.25, -0.2) is 0 Å². The zero-order chi connectivity index (χ0) is 17.0. The number of hydrogen-bond acceptors (Lipinski definition) is 1. The Hall–Kier alpha value is -0.670. The summed E-state index contributed by atoms with van der Waals surface area (Å²) >= 11 is 0. The highest BCUT2D eigenvalue weighted by Crippen LogP contribution is 2.53. The first kappa shape index (κ1) is 9.37. The Kier molecular flexibility index (Phi) is 2.32. The molecular weight excluding hydrogens is 259 g/mol. The molecule has 0 aliphatic carbocycles. The molecule has 0 spiro atoms. The Labute approximate surface area is 88.5 Å². The first-order valence-electron chi connectivity index (χ1n) is 5.17. The summed E-state index contributed by atoms with van der Waals surface area (Å²) < 4.78 is 136. The zero-order valence-corrected chi connectivity index (χ0v) is 6.85. The van der Waals surface area contributed by atoms with Crippen molar-refractivity contribution >= 4 is 0 Å². The molecule has 0 aromatic rings. The molecule has 0 heterocycles. The molecule has 16 heavy (non-hydrogen) atoms. The van der Waals surface area contributed by atoms with Crippen LogP contribution < -0.4 is 0 Å². The molecule has 0 amide bonds. The minimum atomic E-state index is -7.36. The van der Waals surface area contributed by atoms with Gasteiger partial charge >= 0.3 is 23.9 Å². The molecule has 0 rings (SSSR count). The molecule has 0 radical (unpaired) electrons. The molecule has 0 unspecified atom stereocenters. The minimum absolute atomic E-state index is 4.82. The van der Waals surface area contributed by atoms with E-state index in [0.29, 0.717) is 0 Å². The third kappa shape index (κ3) is 2.20. The van der Waals surface area contributed by atoms with Gasteiger partial charge in [-0.3, -0.25) is 0 Å². The van der Waals surface area contributed by atoms with Crippen LogP contribution in [0.1, 0.15) is 11.9 Å². The first-order valence-corrected chi connectivity index (χ1v) is 3.17. The predicted molar refractivity (Wildman–Crippen MR) is 32.6 cm³/mol. The van der Waals surface area contributed by atoms with E-state index in [1.807, 2.05) is 0 Å². The molecule has 0 aromatic heterocycles. The van der Waals surface area contributed by atoms with Crippen LogP contribution in [0, 0.1) is 0 Å². The Bertz CT molecular complexity index is 336. The fourth-order valence-electron chi connectivity index (χ4n) is 0.524. The maximum Gasteiger partial charge on any atom is 0.460 e. The van der Waals surface area contributed by atoms with Crippen molar-refractivity contribution in [2.45, 2.75) is 30.3 Å². The molecule has 10 heteroatoms. The summed E-state index contributed by atoms with van der Waals surface area (Å²) in [5.74, 6) is -21.6. The van der Waals surface area contributed by atoms with Gasteiger partial charge in [-0.15, -0.1) is 0 Å². The van der Waals surface area contributed by atoms with E-state index in [2.05, 4.69) is 0 Å². The molecule has 98 valence electrons. The fourth-order valence-corrected chi connectivity index (χ4v) is 0.524. The van der Waals surface area contributed by atoms with E-state index in [1.165, 1.54) is 0 Å².